The molecule has 32 heavy (non-hydrogen) atoms. The number of hydrogen-bond acceptors (Lipinski definition) is 4. The predicted molar refractivity (Wildman–Crippen MR) is 132 cm³/mol. The molecule has 0 saturated carbocycles. The van der Waals surface area contributed by atoms with Crippen LogP contribution in [0.15, 0.2) is 65.6 Å². The second kappa shape index (κ2) is 11.3. The van der Waals surface area contributed by atoms with Crippen LogP contribution in [0, 0.1) is 6.92 Å². The lowest BCUT2D eigenvalue weighted by atomic mass is 10.1. The monoisotopic (exact) mass is 488 g/mol. The van der Waals surface area contributed by atoms with Crippen molar-refractivity contribution in [2.75, 3.05) is 23.5 Å². The molecule has 0 spiro atoms. The first-order valence-electron chi connectivity index (χ1n) is 9.75. The Bertz CT molecular complexity index is 1120. The third-order valence-corrected chi connectivity index (χ3v) is 6.17. The molecule has 0 bridgehead atoms. The van der Waals surface area contributed by atoms with Crippen LogP contribution in [0.3, 0.4) is 0 Å². The number of benzene rings is 3. The molecule has 0 fully saturated rings. The van der Waals surface area contributed by atoms with Crippen molar-refractivity contribution in [1.82, 2.24) is 0 Å². The van der Waals surface area contributed by atoms with Gasteiger partial charge < -0.3 is 15.4 Å². The van der Waals surface area contributed by atoms with E-state index in [0.29, 0.717) is 27.2 Å². The summed E-state index contributed by atoms with van der Waals surface area (Å²) in [5.74, 6) is 0.404. The number of methoxy groups -OCH3 is 1. The van der Waals surface area contributed by atoms with Crippen LogP contribution in [0.5, 0.6) is 5.75 Å². The van der Waals surface area contributed by atoms with Gasteiger partial charge in [-0.3, -0.25) is 9.59 Å². The summed E-state index contributed by atoms with van der Waals surface area (Å²) in [7, 11) is 1.53. The molecule has 2 N–H and O–H groups in total. The fourth-order valence-corrected chi connectivity index (χ4v) is 3.96. The molecule has 0 radical (unpaired) electrons. The van der Waals surface area contributed by atoms with E-state index in [1.807, 2.05) is 43.3 Å². The summed E-state index contributed by atoms with van der Waals surface area (Å²) in [6, 6.07) is 18.0. The van der Waals surface area contributed by atoms with Gasteiger partial charge in [0.1, 0.15) is 5.75 Å². The minimum atomic E-state index is -0.174. The van der Waals surface area contributed by atoms with E-state index in [0.717, 1.165) is 16.0 Å². The van der Waals surface area contributed by atoms with Crippen LogP contribution in [-0.2, 0) is 16.0 Å². The van der Waals surface area contributed by atoms with Crippen LogP contribution in [0.4, 0.5) is 11.4 Å². The largest absolute Gasteiger partial charge is 0.495 e. The van der Waals surface area contributed by atoms with E-state index >= 15 is 0 Å². The van der Waals surface area contributed by atoms with Gasteiger partial charge in [0.05, 0.1) is 25.0 Å². The quantitative estimate of drug-likeness (QED) is 0.369. The van der Waals surface area contributed by atoms with E-state index in [1.165, 1.54) is 18.9 Å². The zero-order valence-corrected chi connectivity index (χ0v) is 19.9. The number of nitrogens with one attached hydrogen (secondary N) is 2. The molecule has 2 amide bonds. The Labute approximate surface area is 201 Å². The topological polar surface area (TPSA) is 67.4 Å². The Hall–Kier alpha value is -2.67. The molecule has 0 aliphatic carbocycles. The van der Waals surface area contributed by atoms with E-state index in [1.54, 1.807) is 24.3 Å². The first-order valence-corrected chi connectivity index (χ1v) is 11.5. The summed E-state index contributed by atoms with van der Waals surface area (Å²) >= 11 is 13.4. The van der Waals surface area contributed by atoms with Crippen molar-refractivity contribution in [3.8, 4) is 5.75 Å². The fraction of sp³-hybridized carbons (Fsp3) is 0.167. The van der Waals surface area contributed by atoms with Crippen LogP contribution in [-0.4, -0.2) is 24.7 Å². The second-order valence-electron chi connectivity index (χ2n) is 7.02. The lowest BCUT2D eigenvalue weighted by Crippen LogP contribution is -2.15. The van der Waals surface area contributed by atoms with E-state index in [9.17, 15) is 9.59 Å². The maximum atomic E-state index is 12.4. The minimum absolute atomic E-state index is 0.127. The zero-order valence-electron chi connectivity index (χ0n) is 17.6. The second-order valence-corrected chi connectivity index (χ2v) is 8.91. The fourth-order valence-electron chi connectivity index (χ4n) is 2.92. The molecule has 0 unspecified atom stereocenters. The van der Waals surface area contributed by atoms with E-state index in [2.05, 4.69) is 10.6 Å². The SMILES string of the molecule is COc1cc(Cl)c(C)cc1NC(=O)CSc1cccc(NC(=O)Cc2ccc(Cl)cc2)c1. The summed E-state index contributed by atoms with van der Waals surface area (Å²) in [6.07, 6.45) is 0.249. The molecule has 5 nitrogen and oxygen atoms in total. The Kier molecular flexibility index (Phi) is 8.45. The van der Waals surface area contributed by atoms with Crippen LogP contribution in [0.1, 0.15) is 11.1 Å². The number of carbonyl (C=O) groups is 2. The van der Waals surface area contributed by atoms with Gasteiger partial charge in [-0.25, -0.2) is 0 Å². The Morgan fingerprint density at radius 1 is 0.969 bits per heavy atom. The van der Waals surface area contributed by atoms with Crippen molar-refractivity contribution in [1.29, 1.82) is 0 Å². The first-order chi connectivity index (χ1) is 15.3. The molecular formula is C24H22Cl2N2O3S. The molecule has 166 valence electrons. The Balaban J connectivity index is 1.55. The van der Waals surface area contributed by atoms with Gasteiger partial charge in [-0.15, -0.1) is 11.8 Å². The summed E-state index contributed by atoms with van der Waals surface area (Å²) < 4.78 is 5.29. The lowest BCUT2D eigenvalue weighted by Gasteiger charge is -2.12. The summed E-state index contributed by atoms with van der Waals surface area (Å²) in [5.41, 5.74) is 2.96. The van der Waals surface area contributed by atoms with Gasteiger partial charge in [-0.05, 0) is 54.4 Å². The number of carbonyl (C=O) groups excluding carboxylic acids is 2. The number of aryl methyl sites for hydroxylation is 1. The number of halogens is 2. The molecule has 0 aliphatic rings. The number of ether oxygens (including phenoxy) is 1. The molecule has 3 rings (SSSR count). The third kappa shape index (κ3) is 6.92. The van der Waals surface area contributed by atoms with Gasteiger partial charge in [0.25, 0.3) is 0 Å². The molecule has 0 aliphatic heterocycles. The Morgan fingerprint density at radius 2 is 1.72 bits per heavy atom. The number of thioether (sulfide) groups is 1. The van der Waals surface area contributed by atoms with Crippen molar-refractivity contribution < 1.29 is 14.3 Å². The standard InChI is InChI=1S/C24H22Cl2N2O3S/c1-15-10-21(22(31-2)13-20(15)26)28-24(30)14-32-19-5-3-4-18(12-19)27-23(29)11-16-6-8-17(25)9-7-16/h3-10,12-13H,11,14H2,1-2H3,(H,27,29)(H,28,30). The number of hydrogen-bond donors (Lipinski definition) is 2. The van der Waals surface area contributed by atoms with Crippen molar-refractivity contribution in [3.63, 3.8) is 0 Å². The highest BCUT2D eigenvalue weighted by Crippen LogP contribution is 2.31. The molecular weight excluding hydrogens is 467 g/mol. The molecule has 3 aromatic carbocycles. The van der Waals surface area contributed by atoms with Gasteiger partial charge in [0.2, 0.25) is 11.8 Å². The molecule has 0 atom stereocenters. The van der Waals surface area contributed by atoms with Crippen molar-refractivity contribution in [2.45, 2.75) is 18.2 Å². The van der Waals surface area contributed by atoms with Crippen LogP contribution in [0.2, 0.25) is 10.0 Å². The molecule has 0 aromatic heterocycles. The van der Waals surface area contributed by atoms with Crippen LogP contribution >= 0.6 is 35.0 Å². The molecule has 3 aromatic rings. The predicted octanol–water partition coefficient (Wildman–Crippen LogP) is 6.22. The van der Waals surface area contributed by atoms with Crippen molar-refractivity contribution in [2.24, 2.45) is 0 Å². The lowest BCUT2D eigenvalue weighted by molar-refractivity contribution is -0.115. The first kappa shape index (κ1) is 24.0. The van der Waals surface area contributed by atoms with Gasteiger partial charge >= 0.3 is 0 Å². The minimum Gasteiger partial charge on any atom is -0.495 e. The normalized spacial score (nSPS) is 10.5. The average molecular weight is 489 g/mol. The van der Waals surface area contributed by atoms with Crippen molar-refractivity contribution in [3.05, 3.63) is 81.8 Å². The maximum absolute atomic E-state index is 12.4. The number of anilines is 2. The van der Waals surface area contributed by atoms with Gasteiger partial charge in [0, 0.05) is 26.7 Å². The highest BCUT2D eigenvalue weighted by Gasteiger charge is 2.11. The summed E-state index contributed by atoms with van der Waals surface area (Å²) in [4.78, 5) is 25.6. The third-order valence-electron chi connectivity index (χ3n) is 4.52. The molecule has 0 saturated heterocycles. The van der Waals surface area contributed by atoms with Gasteiger partial charge in [-0.2, -0.15) is 0 Å². The zero-order chi connectivity index (χ0) is 23.1. The van der Waals surface area contributed by atoms with Crippen molar-refractivity contribution >= 4 is 58.2 Å². The highest BCUT2D eigenvalue weighted by atomic mass is 35.5. The van der Waals surface area contributed by atoms with Crippen LogP contribution in [0.25, 0.3) is 0 Å². The number of rotatable bonds is 8. The average Bonchev–Trinajstić information content (AvgIpc) is 2.76. The van der Waals surface area contributed by atoms with Crippen LogP contribution < -0.4 is 15.4 Å². The highest BCUT2D eigenvalue weighted by molar-refractivity contribution is 8.00. The summed E-state index contributed by atoms with van der Waals surface area (Å²) in [5, 5.41) is 6.95. The van der Waals surface area contributed by atoms with Gasteiger partial charge in [-0.1, -0.05) is 41.4 Å². The van der Waals surface area contributed by atoms with E-state index < -0.39 is 0 Å². The maximum Gasteiger partial charge on any atom is 0.234 e. The molecule has 0 heterocycles. The smallest absolute Gasteiger partial charge is 0.234 e. The molecule has 8 heteroatoms. The van der Waals surface area contributed by atoms with Gasteiger partial charge in [0.15, 0.2) is 0 Å². The number of amides is 2. The Morgan fingerprint density at radius 3 is 2.44 bits per heavy atom. The summed E-state index contributed by atoms with van der Waals surface area (Å²) in [6.45, 7) is 1.86. The van der Waals surface area contributed by atoms with E-state index in [-0.39, 0.29) is 24.0 Å². The van der Waals surface area contributed by atoms with E-state index in [4.69, 9.17) is 27.9 Å².